The Labute approximate surface area is 203 Å². The Morgan fingerprint density at radius 2 is 1.26 bits per heavy atom. The summed E-state index contributed by atoms with van der Waals surface area (Å²) in [7, 11) is 0. The number of aromatic amines is 1. The van der Waals surface area contributed by atoms with Crippen molar-refractivity contribution in [1.29, 1.82) is 0 Å². The summed E-state index contributed by atoms with van der Waals surface area (Å²) in [6.07, 6.45) is 5.63. The summed E-state index contributed by atoms with van der Waals surface area (Å²) in [5, 5.41) is 0. The van der Waals surface area contributed by atoms with Crippen molar-refractivity contribution in [3.8, 4) is 22.5 Å². The molecular formula is C30H21N5. The van der Waals surface area contributed by atoms with Gasteiger partial charge in [-0.15, -0.1) is 0 Å². The normalized spacial score (nSPS) is 14.1. The lowest BCUT2D eigenvalue weighted by molar-refractivity contribution is 1.26. The fourth-order valence-corrected chi connectivity index (χ4v) is 4.10. The van der Waals surface area contributed by atoms with Gasteiger partial charge in [0.15, 0.2) is 5.84 Å². The number of aliphatic imine (C=N–C) groups is 2. The van der Waals surface area contributed by atoms with Crippen molar-refractivity contribution in [2.75, 3.05) is 0 Å². The second-order valence-corrected chi connectivity index (χ2v) is 8.10. The van der Waals surface area contributed by atoms with E-state index in [0.29, 0.717) is 5.84 Å². The molecule has 6 rings (SSSR count). The first-order chi connectivity index (χ1) is 17.3. The van der Waals surface area contributed by atoms with E-state index in [2.05, 4.69) is 51.4 Å². The highest BCUT2D eigenvalue weighted by Gasteiger charge is 2.21. The number of nitrogens with zero attached hydrogens (tertiary/aromatic N) is 4. The largest absolute Gasteiger partial charge is 0.338 e. The molecule has 1 aliphatic heterocycles. The Kier molecular flexibility index (Phi) is 5.41. The zero-order valence-electron chi connectivity index (χ0n) is 18.8. The highest BCUT2D eigenvalue weighted by atomic mass is 15.0. The number of H-pyrrole nitrogens is 1. The predicted molar refractivity (Wildman–Crippen MR) is 142 cm³/mol. The number of rotatable bonds is 5. The third kappa shape index (κ3) is 4.23. The van der Waals surface area contributed by atoms with Crippen LogP contribution in [0.3, 0.4) is 0 Å². The molecule has 0 radical (unpaired) electrons. The molecule has 5 nitrogen and oxygen atoms in total. The average Bonchev–Trinajstić information content (AvgIpc) is 3.56. The molecule has 0 spiro atoms. The van der Waals surface area contributed by atoms with Crippen LogP contribution in [-0.4, -0.2) is 26.5 Å². The number of nitrogens with one attached hydrogen (secondary N) is 1. The molecule has 5 aromatic rings. The number of hydrogen-bond acceptors (Lipinski definition) is 3. The van der Waals surface area contributed by atoms with E-state index in [0.717, 1.165) is 50.9 Å². The Balaban J connectivity index is 1.52. The molecule has 0 aliphatic carbocycles. The quantitative estimate of drug-likeness (QED) is 0.321. The molecule has 0 fully saturated rings. The van der Waals surface area contributed by atoms with Crippen LogP contribution in [0.5, 0.6) is 0 Å². The molecule has 166 valence electrons. The molecule has 0 atom stereocenters. The monoisotopic (exact) mass is 451 g/mol. The minimum Gasteiger partial charge on any atom is -0.338 e. The van der Waals surface area contributed by atoms with Gasteiger partial charge in [0.1, 0.15) is 5.82 Å². The fourth-order valence-electron chi connectivity index (χ4n) is 4.10. The van der Waals surface area contributed by atoms with Crippen LogP contribution in [0.15, 0.2) is 132 Å². The zero-order chi connectivity index (χ0) is 23.5. The van der Waals surface area contributed by atoms with Crippen molar-refractivity contribution in [3.63, 3.8) is 0 Å². The van der Waals surface area contributed by atoms with Crippen molar-refractivity contribution >= 4 is 22.9 Å². The SMILES string of the molecule is C1=C(c2ccccc2)/C(=N/c2[nH]c(-c3ccccn3)cc2-c2ccccc2)N=C1c1ccccn1. The van der Waals surface area contributed by atoms with Gasteiger partial charge in [-0.05, 0) is 47.5 Å². The molecule has 4 heterocycles. The molecule has 3 aromatic heterocycles. The van der Waals surface area contributed by atoms with Crippen molar-refractivity contribution in [1.82, 2.24) is 15.0 Å². The van der Waals surface area contributed by atoms with Gasteiger partial charge in [-0.3, -0.25) is 9.97 Å². The van der Waals surface area contributed by atoms with Crippen molar-refractivity contribution < 1.29 is 0 Å². The van der Waals surface area contributed by atoms with Gasteiger partial charge in [0.2, 0.25) is 0 Å². The lowest BCUT2D eigenvalue weighted by Gasteiger charge is -2.04. The molecule has 0 amide bonds. The van der Waals surface area contributed by atoms with Gasteiger partial charge in [0, 0.05) is 23.5 Å². The van der Waals surface area contributed by atoms with E-state index in [-0.39, 0.29) is 0 Å². The summed E-state index contributed by atoms with van der Waals surface area (Å²) in [5.41, 5.74) is 7.45. The van der Waals surface area contributed by atoms with Crippen LogP contribution in [0.1, 0.15) is 11.3 Å². The minimum absolute atomic E-state index is 0.642. The second-order valence-electron chi connectivity index (χ2n) is 8.10. The maximum atomic E-state index is 5.06. The van der Waals surface area contributed by atoms with Crippen LogP contribution >= 0.6 is 0 Å². The van der Waals surface area contributed by atoms with Crippen LogP contribution in [0.25, 0.3) is 28.1 Å². The minimum atomic E-state index is 0.642. The van der Waals surface area contributed by atoms with E-state index in [4.69, 9.17) is 9.98 Å². The Hall–Kier alpha value is -4.90. The van der Waals surface area contributed by atoms with Crippen molar-refractivity contribution in [2.45, 2.75) is 0 Å². The van der Waals surface area contributed by atoms with Gasteiger partial charge >= 0.3 is 0 Å². The molecule has 0 bridgehead atoms. The molecule has 2 aromatic carbocycles. The zero-order valence-corrected chi connectivity index (χ0v) is 18.8. The van der Waals surface area contributed by atoms with E-state index < -0.39 is 0 Å². The average molecular weight is 452 g/mol. The molecule has 0 unspecified atom stereocenters. The maximum absolute atomic E-state index is 5.06. The summed E-state index contributed by atoms with van der Waals surface area (Å²) in [4.78, 5) is 22.5. The second kappa shape index (κ2) is 9.15. The molecule has 1 N–H and O–H groups in total. The third-order valence-electron chi connectivity index (χ3n) is 5.80. The van der Waals surface area contributed by atoms with Gasteiger partial charge in [-0.1, -0.05) is 72.8 Å². The first-order valence-corrected chi connectivity index (χ1v) is 11.4. The van der Waals surface area contributed by atoms with E-state index >= 15 is 0 Å². The topological polar surface area (TPSA) is 66.3 Å². The third-order valence-corrected chi connectivity index (χ3v) is 5.80. The maximum Gasteiger partial charge on any atom is 0.162 e. The Bertz CT molecular complexity index is 1550. The summed E-state index contributed by atoms with van der Waals surface area (Å²) in [5.74, 6) is 1.38. The van der Waals surface area contributed by atoms with Crippen LogP contribution in [0.2, 0.25) is 0 Å². The highest BCUT2D eigenvalue weighted by molar-refractivity contribution is 6.38. The van der Waals surface area contributed by atoms with Crippen LogP contribution < -0.4 is 0 Å². The smallest absolute Gasteiger partial charge is 0.162 e. The van der Waals surface area contributed by atoms with E-state index in [1.54, 1.807) is 12.4 Å². The molecule has 0 saturated carbocycles. The van der Waals surface area contributed by atoms with E-state index in [9.17, 15) is 0 Å². The van der Waals surface area contributed by atoms with Gasteiger partial charge in [0.05, 0.1) is 22.8 Å². The van der Waals surface area contributed by atoms with Gasteiger partial charge in [-0.25, -0.2) is 9.98 Å². The highest BCUT2D eigenvalue weighted by Crippen LogP contribution is 2.36. The van der Waals surface area contributed by atoms with Crippen LogP contribution in [-0.2, 0) is 0 Å². The summed E-state index contributed by atoms with van der Waals surface area (Å²) < 4.78 is 0. The van der Waals surface area contributed by atoms with Gasteiger partial charge in [0.25, 0.3) is 0 Å². The number of benzene rings is 2. The fraction of sp³-hybridized carbons (Fsp3) is 0. The Morgan fingerprint density at radius 1 is 0.629 bits per heavy atom. The van der Waals surface area contributed by atoms with Crippen molar-refractivity contribution in [3.05, 3.63) is 133 Å². The Morgan fingerprint density at radius 3 is 1.91 bits per heavy atom. The molecule has 5 heteroatoms. The van der Waals surface area contributed by atoms with E-state index in [1.165, 1.54) is 0 Å². The van der Waals surface area contributed by atoms with Crippen molar-refractivity contribution in [2.24, 2.45) is 9.98 Å². The number of hydrogen-bond donors (Lipinski definition) is 1. The predicted octanol–water partition coefficient (Wildman–Crippen LogP) is 6.76. The summed E-state index contributed by atoms with van der Waals surface area (Å²) in [6, 6.07) is 34.2. The standard InChI is InChI=1S/C30H21N5/c1-3-11-21(12-4-1)23-19-27(25-15-7-9-17-31-25)33-29(23)35-30-24(22-13-5-2-6-14-22)20-28(34-30)26-16-8-10-18-32-26/h1-20,33H/b35-30-. The lowest BCUT2D eigenvalue weighted by Crippen LogP contribution is -1.97. The first kappa shape index (κ1) is 20.7. The van der Waals surface area contributed by atoms with E-state index in [1.807, 2.05) is 72.8 Å². The molecule has 35 heavy (non-hydrogen) atoms. The first-order valence-electron chi connectivity index (χ1n) is 11.4. The van der Waals surface area contributed by atoms with Gasteiger partial charge < -0.3 is 4.98 Å². The summed E-state index contributed by atoms with van der Waals surface area (Å²) in [6.45, 7) is 0. The van der Waals surface area contributed by atoms with Crippen LogP contribution in [0, 0.1) is 0 Å². The lowest BCUT2D eigenvalue weighted by atomic mass is 10.0. The number of allylic oxidation sites excluding steroid dienone is 1. The molecular weight excluding hydrogens is 430 g/mol. The number of pyridine rings is 2. The van der Waals surface area contributed by atoms with Gasteiger partial charge in [-0.2, -0.15) is 0 Å². The van der Waals surface area contributed by atoms with Crippen LogP contribution in [0.4, 0.5) is 5.82 Å². The summed E-state index contributed by atoms with van der Waals surface area (Å²) >= 11 is 0. The number of aromatic nitrogens is 3. The molecule has 1 aliphatic rings. The molecule has 0 saturated heterocycles. The number of amidine groups is 1.